The number of halogens is 1. The molecule has 90 valence electrons. The third kappa shape index (κ3) is 3.52. The van der Waals surface area contributed by atoms with E-state index >= 15 is 0 Å². The molecular weight excluding hydrogens is 231 g/mol. The Morgan fingerprint density at radius 3 is 2.53 bits per heavy atom. The van der Waals surface area contributed by atoms with Crippen molar-refractivity contribution in [2.24, 2.45) is 0 Å². The Kier molecular flexibility index (Phi) is 3.42. The van der Waals surface area contributed by atoms with Crippen molar-refractivity contribution in [1.82, 2.24) is 9.55 Å². The second-order valence-electron chi connectivity index (χ2n) is 5.20. The molecule has 4 heteroatoms. The Balaban J connectivity index is 2.03. The van der Waals surface area contributed by atoms with E-state index in [0.717, 1.165) is 12.2 Å². The molecule has 0 N–H and O–H groups in total. The van der Waals surface area contributed by atoms with Gasteiger partial charge in [-0.05, 0) is 18.2 Å². The molecule has 0 aliphatic carbocycles. The Morgan fingerprint density at radius 2 is 1.94 bits per heavy atom. The molecule has 0 amide bonds. The maximum absolute atomic E-state index is 12.8. The first-order valence-corrected chi connectivity index (χ1v) is 9.17. The molecule has 0 spiro atoms. The molecule has 0 aliphatic rings. The number of benzene rings is 1. The molecule has 1 aromatic heterocycles. The number of imidazole rings is 1. The maximum atomic E-state index is 12.8. The first-order valence-electron chi connectivity index (χ1n) is 5.75. The van der Waals surface area contributed by atoms with Crippen molar-refractivity contribution >= 4 is 8.07 Å². The lowest BCUT2D eigenvalue weighted by Gasteiger charge is -2.22. The van der Waals surface area contributed by atoms with Gasteiger partial charge in [0.05, 0.1) is 14.4 Å². The standard InChI is InChI=1S/C13H17FN2Si/c1-17(2,11-16-8-7-15-10-16)9-12-3-5-13(14)6-4-12/h3-8,10H,9,11H2,1-2H3. The van der Waals surface area contributed by atoms with E-state index in [4.69, 9.17) is 0 Å². The van der Waals surface area contributed by atoms with Gasteiger partial charge < -0.3 is 4.57 Å². The van der Waals surface area contributed by atoms with Gasteiger partial charge in [-0.2, -0.15) is 0 Å². The minimum Gasteiger partial charge on any atom is -0.340 e. The molecule has 1 heterocycles. The van der Waals surface area contributed by atoms with Crippen LogP contribution in [0.4, 0.5) is 4.39 Å². The van der Waals surface area contributed by atoms with Crippen molar-refractivity contribution in [2.75, 3.05) is 0 Å². The van der Waals surface area contributed by atoms with Crippen molar-refractivity contribution in [1.29, 1.82) is 0 Å². The Hall–Kier alpha value is -1.42. The molecule has 0 atom stereocenters. The predicted molar refractivity (Wildman–Crippen MR) is 69.8 cm³/mol. The average molecular weight is 248 g/mol. The smallest absolute Gasteiger partial charge is 0.123 e. The van der Waals surface area contributed by atoms with E-state index in [2.05, 4.69) is 22.6 Å². The highest BCUT2D eigenvalue weighted by Gasteiger charge is 2.21. The third-order valence-electron chi connectivity index (χ3n) is 2.77. The number of hydrogen-bond donors (Lipinski definition) is 0. The Bertz CT molecular complexity index is 463. The van der Waals surface area contributed by atoms with Crippen molar-refractivity contribution < 1.29 is 4.39 Å². The van der Waals surface area contributed by atoms with Gasteiger partial charge in [0.15, 0.2) is 0 Å². The summed E-state index contributed by atoms with van der Waals surface area (Å²) in [5, 5.41) is 0. The van der Waals surface area contributed by atoms with Crippen LogP contribution in [0.5, 0.6) is 0 Å². The zero-order valence-electron chi connectivity index (χ0n) is 10.2. The second kappa shape index (κ2) is 4.83. The van der Waals surface area contributed by atoms with Crippen LogP contribution in [0.3, 0.4) is 0 Å². The maximum Gasteiger partial charge on any atom is 0.123 e. The van der Waals surface area contributed by atoms with E-state index in [1.165, 1.54) is 17.7 Å². The van der Waals surface area contributed by atoms with E-state index in [9.17, 15) is 4.39 Å². The van der Waals surface area contributed by atoms with Crippen LogP contribution in [0.25, 0.3) is 0 Å². The predicted octanol–water partition coefficient (Wildman–Crippen LogP) is 3.05. The summed E-state index contributed by atoms with van der Waals surface area (Å²) in [4.78, 5) is 4.06. The van der Waals surface area contributed by atoms with Crippen molar-refractivity contribution in [2.45, 2.75) is 25.3 Å². The molecule has 0 saturated carbocycles. The van der Waals surface area contributed by atoms with Crippen molar-refractivity contribution in [3.8, 4) is 0 Å². The highest BCUT2D eigenvalue weighted by Crippen LogP contribution is 2.14. The molecule has 0 bridgehead atoms. The van der Waals surface area contributed by atoms with Crippen molar-refractivity contribution in [3.63, 3.8) is 0 Å². The first-order chi connectivity index (χ1) is 8.05. The molecule has 0 radical (unpaired) electrons. The summed E-state index contributed by atoms with van der Waals surface area (Å²) in [6, 6.07) is 7.91. The normalized spacial score (nSPS) is 11.7. The molecule has 2 rings (SSSR count). The highest BCUT2D eigenvalue weighted by atomic mass is 28.3. The molecular formula is C13H17FN2Si. The zero-order valence-corrected chi connectivity index (χ0v) is 11.2. The zero-order chi connectivity index (χ0) is 12.3. The molecule has 1 aromatic carbocycles. The lowest BCUT2D eigenvalue weighted by molar-refractivity contribution is 0.627. The SMILES string of the molecule is C[Si](C)(Cc1ccc(F)cc1)Cn1ccnc1. The quantitative estimate of drug-likeness (QED) is 0.760. The minimum absolute atomic E-state index is 0.164. The van der Waals surface area contributed by atoms with Crippen LogP contribution in [-0.2, 0) is 12.2 Å². The van der Waals surface area contributed by atoms with Crippen molar-refractivity contribution in [3.05, 3.63) is 54.4 Å². The number of hydrogen-bond acceptors (Lipinski definition) is 1. The summed E-state index contributed by atoms with van der Waals surface area (Å²) >= 11 is 0. The Morgan fingerprint density at radius 1 is 1.24 bits per heavy atom. The van der Waals surface area contributed by atoms with E-state index in [0.29, 0.717) is 0 Å². The third-order valence-corrected chi connectivity index (χ3v) is 5.35. The molecule has 2 nitrogen and oxygen atoms in total. The largest absolute Gasteiger partial charge is 0.340 e. The van der Waals surface area contributed by atoms with Gasteiger partial charge in [-0.25, -0.2) is 9.37 Å². The van der Waals surface area contributed by atoms with Gasteiger partial charge in [-0.3, -0.25) is 0 Å². The molecule has 2 aromatic rings. The monoisotopic (exact) mass is 248 g/mol. The topological polar surface area (TPSA) is 17.8 Å². The fourth-order valence-electron chi connectivity index (χ4n) is 2.09. The Labute approximate surface area is 102 Å². The fourth-order valence-corrected chi connectivity index (χ4v) is 4.71. The van der Waals surface area contributed by atoms with Crippen LogP contribution in [-0.4, -0.2) is 17.6 Å². The lowest BCUT2D eigenvalue weighted by Crippen LogP contribution is -2.35. The van der Waals surface area contributed by atoms with Gasteiger partial charge in [0.2, 0.25) is 0 Å². The van der Waals surface area contributed by atoms with E-state index in [-0.39, 0.29) is 5.82 Å². The van der Waals surface area contributed by atoms with Gasteiger partial charge >= 0.3 is 0 Å². The first kappa shape index (κ1) is 12.0. The summed E-state index contributed by atoms with van der Waals surface area (Å²) in [5.41, 5.74) is 1.23. The number of nitrogens with zero attached hydrogens (tertiary/aromatic N) is 2. The molecule has 0 aliphatic heterocycles. The van der Waals surface area contributed by atoms with Gasteiger partial charge in [0.1, 0.15) is 5.82 Å². The summed E-state index contributed by atoms with van der Waals surface area (Å²) in [6.07, 6.45) is 6.71. The van der Waals surface area contributed by atoms with Crippen LogP contribution in [0.1, 0.15) is 5.56 Å². The molecule has 0 saturated heterocycles. The highest BCUT2D eigenvalue weighted by molar-refractivity contribution is 6.75. The van der Waals surface area contributed by atoms with Crippen LogP contribution >= 0.6 is 0 Å². The van der Waals surface area contributed by atoms with E-state index in [1.54, 1.807) is 0 Å². The lowest BCUT2D eigenvalue weighted by atomic mass is 10.2. The van der Waals surface area contributed by atoms with Crippen LogP contribution < -0.4 is 0 Å². The van der Waals surface area contributed by atoms with Crippen LogP contribution in [0.15, 0.2) is 43.0 Å². The van der Waals surface area contributed by atoms with Gasteiger partial charge in [0.25, 0.3) is 0 Å². The van der Waals surface area contributed by atoms with E-state index in [1.807, 2.05) is 30.9 Å². The summed E-state index contributed by atoms with van der Waals surface area (Å²) < 4.78 is 15.0. The van der Waals surface area contributed by atoms with Gasteiger partial charge in [-0.1, -0.05) is 30.8 Å². The van der Waals surface area contributed by atoms with E-state index < -0.39 is 8.07 Å². The van der Waals surface area contributed by atoms with Gasteiger partial charge in [0, 0.05) is 18.6 Å². The summed E-state index contributed by atoms with van der Waals surface area (Å²) in [6.45, 7) is 4.69. The minimum atomic E-state index is -1.37. The number of rotatable bonds is 4. The van der Waals surface area contributed by atoms with Crippen LogP contribution in [0, 0.1) is 5.82 Å². The molecule has 0 fully saturated rings. The second-order valence-corrected chi connectivity index (χ2v) is 10.2. The van der Waals surface area contributed by atoms with Gasteiger partial charge in [-0.15, -0.1) is 0 Å². The molecule has 17 heavy (non-hydrogen) atoms. The molecule has 0 unspecified atom stereocenters. The average Bonchev–Trinajstić information content (AvgIpc) is 2.73. The summed E-state index contributed by atoms with van der Waals surface area (Å²) in [7, 11) is -1.37. The fraction of sp³-hybridized carbons (Fsp3) is 0.308. The number of aromatic nitrogens is 2. The van der Waals surface area contributed by atoms with Crippen LogP contribution in [0.2, 0.25) is 13.1 Å². The summed E-state index contributed by atoms with van der Waals surface area (Å²) in [5.74, 6) is -0.164.